The first-order valence-electron chi connectivity index (χ1n) is 13.6. The Hall–Kier alpha value is -2.35. The summed E-state index contributed by atoms with van der Waals surface area (Å²) in [6.45, 7) is 7.56. The van der Waals surface area contributed by atoms with Gasteiger partial charge in [-0.15, -0.1) is 0 Å². The molecule has 6 rings (SSSR count). The maximum Gasteiger partial charge on any atom is 0.193 e. The van der Waals surface area contributed by atoms with Gasteiger partial charge in [-0.3, -0.25) is 10.2 Å². The molecule has 6 nitrogen and oxygen atoms in total. The second-order valence-electron chi connectivity index (χ2n) is 12.3. The van der Waals surface area contributed by atoms with E-state index < -0.39 is 40.9 Å². The van der Waals surface area contributed by atoms with E-state index in [2.05, 4.69) is 36.5 Å². The van der Waals surface area contributed by atoms with Crippen molar-refractivity contribution < 1.29 is 24.1 Å². The number of alkyl halides is 1. The number of fused-ring (bicyclic) bond motifs is 4. The number of allylic oxidation sites excluding steroid dienone is 4. The van der Waals surface area contributed by atoms with Gasteiger partial charge in [-0.05, 0) is 73.8 Å². The van der Waals surface area contributed by atoms with Crippen LogP contribution >= 0.6 is 0 Å². The molecule has 4 aliphatic carbocycles. The molecule has 7 heteroatoms. The first-order chi connectivity index (χ1) is 17.5. The summed E-state index contributed by atoms with van der Waals surface area (Å²) in [5, 5.41) is 25.6. The Morgan fingerprint density at radius 3 is 2.68 bits per heavy atom. The molecule has 3 saturated carbocycles. The molecule has 0 unspecified atom stereocenters. The van der Waals surface area contributed by atoms with Crippen molar-refractivity contribution in [1.82, 2.24) is 0 Å². The average Bonchev–Trinajstić information content (AvgIpc) is 3.49. The fourth-order valence-corrected chi connectivity index (χ4v) is 8.40. The molecule has 0 bridgehead atoms. The third kappa shape index (κ3) is 3.08. The van der Waals surface area contributed by atoms with Gasteiger partial charge in [0, 0.05) is 17.8 Å². The fraction of sp³-hybridized carbons (Fsp3) is 0.600. The molecule has 37 heavy (non-hydrogen) atoms. The molecule has 1 aliphatic heterocycles. The van der Waals surface area contributed by atoms with Crippen LogP contribution in [0, 0.1) is 23.2 Å². The lowest BCUT2D eigenvalue weighted by atomic mass is 9.48. The van der Waals surface area contributed by atoms with E-state index >= 15 is 4.39 Å². The molecule has 198 valence electrons. The number of nitrogens with one attached hydrogen (secondary N) is 1. The number of Topliss-reactive ketones (excluding diaryl/α,β-unsaturated/α-hetero) is 1. The minimum atomic E-state index is -1.88. The van der Waals surface area contributed by atoms with E-state index in [4.69, 9.17) is 4.74 Å². The number of aliphatic hydroxyl groups is 2. The summed E-state index contributed by atoms with van der Waals surface area (Å²) in [4.78, 5) is 12.7. The van der Waals surface area contributed by atoms with Crippen LogP contribution in [0.2, 0.25) is 0 Å². The van der Waals surface area contributed by atoms with Crippen molar-refractivity contribution in [2.75, 3.05) is 12.0 Å². The van der Waals surface area contributed by atoms with Gasteiger partial charge in [0.2, 0.25) is 0 Å². The van der Waals surface area contributed by atoms with Crippen molar-refractivity contribution in [3.63, 3.8) is 0 Å². The van der Waals surface area contributed by atoms with Crippen LogP contribution < -0.4 is 5.43 Å². The quantitative estimate of drug-likeness (QED) is 0.396. The van der Waals surface area contributed by atoms with Gasteiger partial charge in [0.05, 0.1) is 17.5 Å². The molecule has 8 atom stereocenters. The number of nitrogens with zero attached hydrogens (tertiary/aromatic N) is 1. The van der Waals surface area contributed by atoms with E-state index in [0.29, 0.717) is 25.2 Å². The number of benzene rings is 1. The predicted octanol–water partition coefficient (Wildman–Crippen LogP) is 4.69. The number of hydrogen-bond acceptors (Lipinski definition) is 6. The van der Waals surface area contributed by atoms with Crippen molar-refractivity contribution in [3.05, 3.63) is 53.6 Å². The van der Waals surface area contributed by atoms with E-state index in [9.17, 15) is 15.0 Å². The lowest BCUT2D eigenvalue weighted by Gasteiger charge is -2.59. The summed E-state index contributed by atoms with van der Waals surface area (Å²) in [6, 6.07) is 8.18. The molecule has 1 heterocycles. The van der Waals surface area contributed by atoms with E-state index in [1.807, 2.05) is 44.2 Å². The highest BCUT2D eigenvalue weighted by Crippen LogP contribution is 2.76. The number of hydrogen-bond donors (Lipinski definition) is 3. The summed E-state index contributed by atoms with van der Waals surface area (Å²) < 4.78 is 23.5. The van der Waals surface area contributed by atoms with E-state index in [1.54, 1.807) is 0 Å². The van der Waals surface area contributed by atoms with Crippen molar-refractivity contribution in [1.29, 1.82) is 0 Å². The third-order valence-electron chi connectivity index (χ3n) is 10.4. The van der Waals surface area contributed by atoms with E-state index in [-0.39, 0.29) is 24.0 Å². The number of carbonyl (C=O) groups excluding carboxylic acids is 1. The van der Waals surface area contributed by atoms with Gasteiger partial charge in [0.25, 0.3) is 0 Å². The van der Waals surface area contributed by atoms with Crippen molar-refractivity contribution in [3.8, 4) is 0 Å². The van der Waals surface area contributed by atoms with Crippen molar-refractivity contribution in [2.24, 2.45) is 28.3 Å². The third-order valence-corrected chi connectivity index (χ3v) is 10.4. The smallest absolute Gasteiger partial charge is 0.193 e. The van der Waals surface area contributed by atoms with Crippen LogP contribution in [0.4, 0.5) is 10.1 Å². The van der Waals surface area contributed by atoms with Gasteiger partial charge < -0.3 is 14.9 Å². The lowest BCUT2D eigenvalue weighted by Crippen LogP contribution is -2.66. The van der Waals surface area contributed by atoms with Crippen molar-refractivity contribution in [2.45, 2.75) is 82.3 Å². The number of ether oxygens (including phenoxy) is 1. The van der Waals surface area contributed by atoms with Gasteiger partial charge in [0.15, 0.2) is 17.1 Å². The molecule has 4 fully saturated rings. The van der Waals surface area contributed by atoms with Gasteiger partial charge >= 0.3 is 0 Å². The Bertz CT molecular complexity index is 1220. The van der Waals surface area contributed by atoms with Crippen LogP contribution in [0.5, 0.6) is 0 Å². The normalized spacial score (nSPS) is 44.5. The zero-order chi connectivity index (χ0) is 26.4. The maximum atomic E-state index is 17.4. The summed E-state index contributed by atoms with van der Waals surface area (Å²) in [5.41, 5.74) is 2.12. The summed E-state index contributed by atoms with van der Waals surface area (Å²) >= 11 is 0. The summed E-state index contributed by atoms with van der Waals surface area (Å²) in [6.07, 6.45) is 6.39. The SMILES string of the molecule is CC(C)c1ccc(N/N=C2\C=C[C@@]3(C)C(=C2)CC[C@H]2[C@@H]4C[C@@H](C)[C@@]5(C(=O)CO)O[C@]45C[C@H](O)[C@@]23F)cc1. The van der Waals surface area contributed by atoms with Gasteiger partial charge in [-0.1, -0.05) is 44.6 Å². The molecule has 1 aromatic rings. The zero-order valence-corrected chi connectivity index (χ0v) is 22.0. The molecule has 5 aliphatic rings. The van der Waals surface area contributed by atoms with Crippen LogP contribution in [0.25, 0.3) is 0 Å². The molecular formula is C30H37FN2O4. The fourth-order valence-electron chi connectivity index (χ4n) is 8.40. The van der Waals surface area contributed by atoms with E-state index in [1.165, 1.54) is 5.56 Å². The molecule has 0 radical (unpaired) electrons. The minimum absolute atomic E-state index is 0.0757. The largest absolute Gasteiger partial charge is 0.390 e. The molecular weight excluding hydrogens is 471 g/mol. The first kappa shape index (κ1) is 25.0. The number of rotatable bonds is 5. The first-order valence-corrected chi connectivity index (χ1v) is 13.6. The highest BCUT2D eigenvalue weighted by atomic mass is 19.1. The monoisotopic (exact) mass is 508 g/mol. The Balaban J connectivity index is 1.27. The zero-order valence-electron chi connectivity index (χ0n) is 22.0. The van der Waals surface area contributed by atoms with Crippen LogP contribution in [0.15, 0.2) is 53.2 Å². The Morgan fingerprint density at radius 2 is 2.00 bits per heavy atom. The van der Waals surface area contributed by atoms with E-state index in [0.717, 1.165) is 17.0 Å². The number of hydrazone groups is 1. The van der Waals surface area contributed by atoms with Crippen molar-refractivity contribution >= 4 is 17.2 Å². The summed E-state index contributed by atoms with van der Waals surface area (Å²) in [5.74, 6) is -0.588. The Morgan fingerprint density at radius 1 is 1.27 bits per heavy atom. The molecule has 0 amide bonds. The average molecular weight is 509 g/mol. The van der Waals surface area contributed by atoms with Gasteiger partial charge in [-0.2, -0.15) is 5.10 Å². The number of ketones is 1. The second kappa shape index (κ2) is 8.08. The standard InChI is InChI=1S/C30H37FN2O4/c1-17(2)19-5-8-21(9-6-19)32-33-22-11-12-27(4)20(14-22)7-10-23-24-13-18(3)30(26(36)16-34)28(24,37-30)15-25(35)29(23,27)31/h5-6,8-9,11-12,14,17-18,23-25,32,34-35H,7,10,13,15-16H2,1-4H3/b33-22+/t18-,23+,24+,25+,27+,28-,29+,30+/m1/s1. The molecule has 1 saturated heterocycles. The second-order valence-corrected chi connectivity index (χ2v) is 12.3. The molecule has 1 spiro atoms. The molecule has 0 aromatic heterocycles. The predicted molar refractivity (Wildman–Crippen MR) is 140 cm³/mol. The van der Waals surface area contributed by atoms with Crippen LogP contribution in [-0.2, 0) is 9.53 Å². The number of aliphatic hydroxyl groups excluding tert-OH is 2. The van der Waals surface area contributed by atoms with Crippen LogP contribution in [0.3, 0.4) is 0 Å². The minimum Gasteiger partial charge on any atom is -0.390 e. The number of halogens is 1. The number of epoxide rings is 1. The van der Waals surface area contributed by atoms with Gasteiger partial charge in [0.1, 0.15) is 12.2 Å². The maximum absolute atomic E-state index is 17.4. The van der Waals surface area contributed by atoms with Crippen LogP contribution in [-0.4, -0.2) is 51.3 Å². The number of carbonyl (C=O) groups is 1. The molecule has 1 aromatic carbocycles. The Labute approximate surface area is 217 Å². The summed E-state index contributed by atoms with van der Waals surface area (Å²) in [7, 11) is 0. The number of anilines is 1. The highest BCUT2D eigenvalue weighted by molar-refractivity contribution is 6.06. The van der Waals surface area contributed by atoms with Gasteiger partial charge in [-0.25, -0.2) is 4.39 Å². The highest BCUT2D eigenvalue weighted by Gasteiger charge is 2.87. The van der Waals surface area contributed by atoms with Crippen LogP contribution in [0.1, 0.15) is 64.9 Å². The topological polar surface area (TPSA) is 94.5 Å². The Kier molecular flexibility index (Phi) is 5.45. The molecule has 3 N–H and O–H groups in total. The lowest BCUT2D eigenvalue weighted by molar-refractivity contribution is -0.179.